The molecule has 0 saturated heterocycles. The molecule has 20 heavy (non-hydrogen) atoms. The summed E-state index contributed by atoms with van der Waals surface area (Å²) in [5.74, 6) is 0. The largest absolute Gasteiger partial charge is 0.415 e. The topological polar surface area (TPSA) is 66.4 Å². The third kappa shape index (κ3) is 4.08. The number of alkyl halides is 3. The molecule has 0 fully saturated rings. The first kappa shape index (κ1) is 17.7. The van der Waals surface area contributed by atoms with Crippen LogP contribution in [-0.4, -0.2) is 31.8 Å². The normalized spacial score (nSPS) is 16.1. The van der Waals surface area contributed by atoms with E-state index in [0.29, 0.717) is 5.56 Å². The average Bonchev–Trinajstić information content (AvgIpc) is 2.65. The minimum Gasteiger partial charge on any atom is -0.382 e. The van der Waals surface area contributed by atoms with E-state index in [1.165, 1.54) is 13.0 Å². The zero-order chi connectivity index (χ0) is 15.7. The molecule has 1 aromatic heterocycles. The number of halogens is 4. The van der Waals surface area contributed by atoms with Crippen LogP contribution in [0.15, 0.2) is 10.3 Å². The molecule has 0 amide bonds. The van der Waals surface area contributed by atoms with E-state index in [9.17, 15) is 21.6 Å². The molecule has 0 spiro atoms. The number of aliphatic hydroxyl groups excluding tert-OH is 1. The number of rotatable bonds is 5. The second-order valence-corrected chi connectivity index (χ2v) is 7.74. The Morgan fingerprint density at radius 3 is 2.40 bits per heavy atom. The summed E-state index contributed by atoms with van der Waals surface area (Å²) in [4.78, 5) is 0. The molecule has 2 N–H and O–H groups in total. The highest BCUT2D eigenvalue weighted by atomic mass is 35.5. The van der Waals surface area contributed by atoms with Crippen molar-refractivity contribution in [2.75, 3.05) is 0 Å². The highest BCUT2D eigenvalue weighted by Gasteiger charge is 2.44. The van der Waals surface area contributed by atoms with Gasteiger partial charge in [-0.15, -0.1) is 11.3 Å². The maximum Gasteiger partial charge on any atom is 0.415 e. The number of aryl methyl sites for hydroxylation is 1. The fraction of sp³-hybridized carbons (Fsp3) is 0.600. The lowest BCUT2D eigenvalue weighted by Crippen LogP contribution is -2.49. The van der Waals surface area contributed by atoms with Crippen LogP contribution < -0.4 is 4.72 Å². The predicted octanol–water partition coefficient (Wildman–Crippen LogP) is 2.69. The van der Waals surface area contributed by atoms with Crippen molar-refractivity contribution in [1.29, 1.82) is 0 Å². The molecular weight excluding hydrogens is 339 g/mol. The maximum atomic E-state index is 12.4. The van der Waals surface area contributed by atoms with E-state index < -0.39 is 28.3 Å². The van der Waals surface area contributed by atoms with Crippen LogP contribution in [0.3, 0.4) is 0 Å². The third-order valence-corrected chi connectivity index (χ3v) is 6.08. The summed E-state index contributed by atoms with van der Waals surface area (Å²) in [6.07, 6.45) is -7.87. The summed E-state index contributed by atoms with van der Waals surface area (Å²) < 4.78 is 63.1. The molecule has 0 aliphatic heterocycles. The number of hydrogen-bond donors (Lipinski definition) is 2. The van der Waals surface area contributed by atoms with Crippen molar-refractivity contribution >= 4 is 33.0 Å². The van der Waals surface area contributed by atoms with Crippen LogP contribution in [0.5, 0.6) is 0 Å². The fourth-order valence-electron chi connectivity index (χ4n) is 1.42. The van der Waals surface area contributed by atoms with Crippen LogP contribution >= 0.6 is 22.9 Å². The molecule has 0 bridgehead atoms. The van der Waals surface area contributed by atoms with Gasteiger partial charge in [0.05, 0.1) is 10.4 Å². The number of hydrogen-bond acceptors (Lipinski definition) is 4. The van der Waals surface area contributed by atoms with E-state index in [4.69, 9.17) is 16.7 Å². The van der Waals surface area contributed by atoms with Crippen molar-refractivity contribution in [2.45, 2.75) is 42.8 Å². The monoisotopic (exact) mass is 351 g/mol. The zero-order valence-corrected chi connectivity index (χ0v) is 12.9. The molecular formula is C10H13ClF3NO3S2. The van der Waals surface area contributed by atoms with Gasteiger partial charge in [0.15, 0.2) is 6.10 Å². The first-order valence-electron chi connectivity index (χ1n) is 5.52. The van der Waals surface area contributed by atoms with Crippen molar-refractivity contribution in [3.8, 4) is 0 Å². The molecule has 10 heteroatoms. The van der Waals surface area contributed by atoms with Gasteiger partial charge in [-0.05, 0) is 25.0 Å². The highest BCUT2D eigenvalue weighted by molar-refractivity contribution is 7.91. The minimum absolute atomic E-state index is 0.187. The van der Waals surface area contributed by atoms with Gasteiger partial charge < -0.3 is 5.11 Å². The summed E-state index contributed by atoms with van der Waals surface area (Å²) in [7, 11) is -4.15. The first-order valence-corrected chi connectivity index (χ1v) is 8.19. The fourth-order valence-corrected chi connectivity index (χ4v) is 4.47. The number of thiophene rings is 1. The Hall–Kier alpha value is -0.350. The van der Waals surface area contributed by atoms with E-state index in [2.05, 4.69) is 0 Å². The van der Waals surface area contributed by atoms with Gasteiger partial charge in [0.2, 0.25) is 10.0 Å². The van der Waals surface area contributed by atoms with Gasteiger partial charge >= 0.3 is 6.18 Å². The van der Waals surface area contributed by atoms with Gasteiger partial charge in [-0.25, -0.2) is 13.1 Å². The number of aliphatic hydroxyl groups is 1. The van der Waals surface area contributed by atoms with E-state index >= 15 is 0 Å². The lowest BCUT2D eigenvalue weighted by atomic mass is 10.1. The average molecular weight is 352 g/mol. The lowest BCUT2D eigenvalue weighted by Gasteiger charge is -2.24. The van der Waals surface area contributed by atoms with E-state index in [1.807, 2.05) is 4.72 Å². The highest BCUT2D eigenvalue weighted by Crippen LogP contribution is 2.31. The molecule has 0 aromatic carbocycles. The summed E-state index contributed by atoms with van der Waals surface area (Å²) in [5.41, 5.74) is 0.515. The minimum atomic E-state index is -4.90. The van der Waals surface area contributed by atoms with E-state index in [0.717, 1.165) is 11.3 Å². The molecule has 0 radical (unpaired) electrons. The smallest absolute Gasteiger partial charge is 0.382 e. The van der Waals surface area contributed by atoms with Gasteiger partial charge in [0, 0.05) is 0 Å². The quantitative estimate of drug-likeness (QED) is 0.857. The molecule has 1 aromatic rings. The van der Waals surface area contributed by atoms with Gasteiger partial charge in [0.25, 0.3) is 0 Å². The Labute approximate surface area is 123 Å². The molecule has 0 saturated carbocycles. The maximum absolute atomic E-state index is 12.4. The van der Waals surface area contributed by atoms with Crippen LogP contribution in [0, 0.1) is 6.92 Å². The van der Waals surface area contributed by atoms with E-state index in [-0.39, 0.29) is 15.0 Å². The zero-order valence-electron chi connectivity index (χ0n) is 10.5. The second-order valence-electron chi connectivity index (χ2n) is 4.14. The number of sulfonamides is 1. The molecule has 2 unspecified atom stereocenters. The van der Waals surface area contributed by atoms with Gasteiger partial charge in [-0.3, -0.25) is 0 Å². The second kappa shape index (κ2) is 6.18. The molecule has 116 valence electrons. The van der Waals surface area contributed by atoms with Crippen LogP contribution in [-0.2, 0) is 10.0 Å². The van der Waals surface area contributed by atoms with Crippen LogP contribution in [0.1, 0.15) is 18.9 Å². The molecule has 1 rings (SSSR count). The third-order valence-electron chi connectivity index (χ3n) is 2.56. The predicted molar refractivity (Wildman–Crippen MR) is 70.5 cm³/mol. The molecule has 0 aliphatic rings. The Balaban J connectivity index is 2.99. The van der Waals surface area contributed by atoms with Gasteiger partial charge in [0.1, 0.15) is 4.21 Å². The van der Waals surface area contributed by atoms with Crippen molar-refractivity contribution in [1.82, 2.24) is 4.72 Å². The number of nitrogens with one attached hydrogen (secondary N) is 1. The van der Waals surface area contributed by atoms with Gasteiger partial charge in [-0.1, -0.05) is 18.5 Å². The van der Waals surface area contributed by atoms with Crippen LogP contribution in [0.4, 0.5) is 13.2 Å². The van der Waals surface area contributed by atoms with Crippen LogP contribution in [0.25, 0.3) is 0 Å². The Morgan fingerprint density at radius 2 is 2.05 bits per heavy atom. The molecule has 2 atom stereocenters. The Kier molecular flexibility index (Phi) is 5.47. The van der Waals surface area contributed by atoms with Crippen molar-refractivity contribution in [3.05, 3.63) is 16.0 Å². The standard InChI is InChI=1S/C10H13ClF3NO3S2/c1-3-6(8(16)10(12,13)14)15-20(17,18)7-4-5(2)9(11)19-7/h4,6,8,15-16H,3H2,1-2H3. The van der Waals surface area contributed by atoms with Crippen molar-refractivity contribution in [2.24, 2.45) is 0 Å². The van der Waals surface area contributed by atoms with Crippen LogP contribution in [0.2, 0.25) is 4.34 Å². The Morgan fingerprint density at radius 1 is 1.50 bits per heavy atom. The van der Waals surface area contributed by atoms with Gasteiger partial charge in [-0.2, -0.15) is 13.2 Å². The lowest BCUT2D eigenvalue weighted by molar-refractivity contribution is -0.210. The molecule has 0 aliphatic carbocycles. The summed E-state index contributed by atoms with van der Waals surface area (Å²) in [5, 5.41) is 9.14. The molecule has 1 heterocycles. The van der Waals surface area contributed by atoms with Crippen molar-refractivity contribution < 1.29 is 26.7 Å². The van der Waals surface area contributed by atoms with E-state index in [1.54, 1.807) is 6.92 Å². The first-order chi connectivity index (χ1) is 8.99. The SMILES string of the molecule is CCC(NS(=O)(=O)c1cc(C)c(Cl)s1)C(O)C(F)(F)F. The summed E-state index contributed by atoms with van der Waals surface area (Å²) in [6, 6.07) is -0.386. The molecule has 4 nitrogen and oxygen atoms in total. The Bertz CT molecular complexity index is 551. The summed E-state index contributed by atoms with van der Waals surface area (Å²) >= 11 is 6.48. The van der Waals surface area contributed by atoms with Crippen molar-refractivity contribution in [3.63, 3.8) is 0 Å². The summed E-state index contributed by atoms with van der Waals surface area (Å²) in [6.45, 7) is 2.93.